The second kappa shape index (κ2) is 7.82. The number of nitrogens with zero attached hydrogens (tertiary/aromatic N) is 1. The van der Waals surface area contributed by atoms with E-state index in [1.54, 1.807) is 0 Å². The molecule has 4 nitrogen and oxygen atoms in total. The first-order valence-electron chi connectivity index (χ1n) is 8.96. The van der Waals surface area contributed by atoms with Gasteiger partial charge in [-0.15, -0.1) is 0 Å². The number of anilines is 1. The van der Waals surface area contributed by atoms with Crippen molar-refractivity contribution in [3.63, 3.8) is 0 Å². The molecule has 1 fully saturated rings. The smallest absolute Gasteiger partial charge is 0.193 e. The van der Waals surface area contributed by atoms with Crippen molar-refractivity contribution in [3.8, 4) is 0 Å². The van der Waals surface area contributed by atoms with E-state index in [1.807, 2.05) is 7.11 Å². The summed E-state index contributed by atoms with van der Waals surface area (Å²) in [6, 6.07) is 6.54. The second-order valence-corrected chi connectivity index (χ2v) is 6.90. The fourth-order valence-electron chi connectivity index (χ4n) is 3.86. The van der Waals surface area contributed by atoms with Crippen molar-refractivity contribution in [3.05, 3.63) is 29.3 Å². The van der Waals surface area contributed by atoms with Crippen molar-refractivity contribution in [2.24, 2.45) is 16.6 Å². The molecule has 3 N–H and O–H groups in total. The van der Waals surface area contributed by atoms with Gasteiger partial charge in [-0.05, 0) is 80.5 Å². The summed E-state index contributed by atoms with van der Waals surface area (Å²) in [7, 11) is 1.82. The molecule has 2 aliphatic rings. The fraction of sp³-hybridized carbons (Fsp3) is 0.632. The number of fused-ring (bicyclic) bond motifs is 1. The Morgan fingerprint density at radius 2 is 2.00 bits per heavy atom. The van der Waals surface area contributed by atoms with E-state index in [9.17, 15) is 0 Å². The molecular weight excluding hydrogens is 286 g/mol. The van der Waals surface area contributed by atoms with Crippen LogP contribution in [0.15, 0.2) is 23.2 Å². The van der Waals surface area contributed by atoms with Crippen molar-refractivity contribution in [2.75, 3.05) is 19.0 Å². The van der Waals surface area contributed by atoms with Crippen molar-refractivity contribution >= 4 is 11.6 Å². The number of rotatable bonds is 5. The van der Waals surface area contributed by atoms with Crippen molar-refractivity contribution < 1.29 is 4.74 Å². The van der Waals surface area contributed by atoms with E-state index in [1.165, 1.54) is 56.1 Å². The van der Waals surface area contributed by atoms with E-state index in [2.05, 4.69) is 28.5 Å². The Morgan fingerprint density at radius 3 is 2.78 bits per heavy atom. The predicted molar refractivity (Wildman–Crippen MR) is 96.0 cm³/mol. The van der Waals surface area contributed by atoms with Crippen LogP contribution in [-0.2, 0) is 17.6 Å². The average molecular weight is 315 g/mol. The molecule has 4 heteroatoms. The van der Waals surface area contributed by atoms with Gasteiger partial charge < -0.3 is 15.8 Å². The van der Waals surface area contributed by atoms with Crippen LogP contribution >= 0.6 is 0 Å². The Balaban J connectivity index is 1.43. The molecule has 126 valence electrons. The third-order valence-corrected chi connectivity index (χ3v) is 5.32. The molecule has 1 aromatic rings. The molecule has 3 rings (SSSR count). The largest absolute Gasteiger partial charge is 0.381 e. The lowest BCUT2D eigenvalue weighted by Gasteiger charge is -2.27. The standard InChI is InChI=1S/C19H29N3O/c1-23-18-9-5-14(6-10-18)11-12-21-19(20)22-17-8-7-15-3-2-4-16(15)13-17/h7-8,13-14,18H,2-6,9-12H2,1H3,(H3,20,21,22). The first kappa shape index (κ1) is 16.3. The minimum atomic E-state index is 0.473. The number of benzene rings is 1. The molecule has 1 saturated carbocycles. The lowest BCUT2D eigenvalue weighted by atomic mass is 9.85. The van der Waals surface area contributed by atoms with Gasteiger partial charge in [-0.3, -0.25) is 4.99 Å². The summed E-state index contributed by atoms with van der Waals surface area (Å²) in [5, 5.41) is 3.23. The number of nitrogens with two attached hydrogens (primary N) is 1. The van der Waals surface area contributed by atoms with Crippen LogP contribution in [0.2, 0.25) is 0 Å². The zero-order valence-electron chi connectivity index (χ0n) is 14.2. The van der Waals surface area contributed by atoms with Gasteiger partial charge in [-0.2, -0.15) is 0 Å². The maximum Gasteiger partial charge on any atom is 0.193 e. The first-order valence-corrected chi connectivity index (χ1v) is 8.96. The monoisotopic (exact) mass is 315 g/mol. The normalized spacial score (nSPS) is 24.5. The number of aryl methyl sites for hydroxylation is 2. The molecule has 0 spiro atoms. The third kappa shape index (κ3) is 4.47. The van der Waals surface area contributed by atoms with Crippen molar-refractivity contribution in [2.45, 2.75) is 57.5 Å². The topological polar surface area (TPSA) is 59.6 Å². The summed E-state index contributed by atoms with van der Waals surface area (Å²) in [5.41, 5.74) is 10.0. The van der Waals surface area contributed by atoms with E-state index < -0.39 is 0 Å². The molecule has 0 atom stereocenters. The summed E-state index contributed by atoms with van der Waals surface area (Å²) in [5.74, 6) is 1.31. The molecule has 1 aromatic carbocycles. The lowest BCUT2D eigenvalue weighted by Crippen LogP contribution is -2.24. The number of aliphatic imine (C=N–C) groups is 1. The number of hydrogen-bond acceptors (Lipinski definition) is 2. The van der Waals surface area contributed by atoms with Gasteiger partial charge in [0, 0.05) is 19.3 Å². The minimum absolute atomic E-state index is 0.473. The van der Waals surface area contributed by atoms with Crippen LogP contribution in [0.3, 0.4) is 0 Å². The van der Waals surface area contributed by atoms with Gasteiger partial charge in [-0.1, -0.05) is 6.07 Å². The van der Waals surface area contributed by atoms with Gasteiger partial charge in [0.2, 0.25) is 0 Å². The Bertz CT molecular complexity index is 548. The first-order chi connectivity index (χ1) is 11.2. The van der Waals surface area contributed by atoms with Crippen LogP contribution in [-0.4, -0.2) is 25.7 Å². The summed E-state index contributed by atoms with van der Waals surface area (Å²) >= 11 is 0. The highest BCUT2D eigenvalue weighted by molar-refractivity contribution is 5.92. The highest BCUT2D eigenvalue weighted by Gasteiger charge is 2.20. The Morgan fingerprint density at radius 1 is 1.22 bits per heavy atom. The molecule has 0 aromatic heterocycles. The molecule has 0 bridgehead atoms. The van der Waals surface area contributed by atoms with Crippen LogP contribution < -0.4 is 11.1 Å². The highest BCUT2D eigenvalue weighted by atomic mass is 16.5. The SMILES string of the molecule is COC1CCC(CCN=C(N)Nc2ccc3c(c2)CCC3)CC1. The molecule has 0 aliphatic heterocycles. The summed E-state index contributed by atoms with van der Waals surface area (Å²) in [6.07, 6.45) is 10.2. The maximum absolute atomic E-state index is 6.03. The van der Waals surface area contributed by atoms with E-state index in [0.29, 0.717) is 12.1 Å². The highest BCUT2D eigenvalue weighted by Crippen LogP contribution is 2.28. The quantitative estimate of drug-likeness (QED) is 0.646. The Labute approximate surface area is 139 Å². The number of hydrogen-bond donors (Lipinski definition) is 2. The molecule has 0 unspecified atom stereocenters. The van der Waals surface area contributed by atoms with E-state index >= 15 is 0 Å². The maximum atomic E-state index is 6.03. The summed E-state index contributed by atoms with van der Waals surface area (Å²) in [6.45, 7) is 0.812. The fourth-order valence-corrected chi connectivity index (χ4v) is 3.86. The number of methoxy groups -OCH3 is 1. The van der Waals surface area contributed by atoms with Crippen LogP contribution in [0.5, 0.6) is 0 Å². The van der Waals surface area contributed by atoms with Gasteiger partial charge in [0.25, 0.3) is 0 Å². The zero-order chi connectivity index (χ0) is 16.1. The molecular formula is C19H29N3O. The summed E-state index contributed by atoms with van der Waals surface area (Å²) < 4.78 is 5.42. The molecule has 23 heavy (non-hydrogen) atoms. The van der Waals surface area contributed by atoms with Gasteiger partial charge in [-0.25, -0.2) is 0 Å². The van der Waals surface area contributed by atoms with Gasteiger partial charge >= 0.3 is 0 Å². The molecule has 2 aliphatic carbocycles. The lowest BCUT2D eigenvalue weighted by molar-refractivity contribution is 0.0559. The van der Waals surface area contributed by atoms with Gasteiger partial charge in [0.05, 0.1) is 6.10 Å². The van der Waals surface area contributed by atoms with E-state index in [4.69, 9.17) is 10.5 Å². The van der Waals surface area contributed by atoms with Gasteiger partial charge in [0.15, 0.2) is 5.96 Å². The van der Waals surface area contributed by atoms with Crippen LogP contribution in [0.25, 0.3) is 0 Å². The molecule has 0 amide bonds. The predicted octanol–water partition coefficient (Wildman–Crippen LogP) is 3.50. The van der Waals surface area contributed by atoms with Crippen molar-refractivity contribution in [1.29, 1.82) is 0 Å². The minimum Gasteiger partial charge on any atom is -0.381 e. The molecule has 0 heterocycles. The molecule has 0 saturated heterocycles. The third-order valence-electron chi connectivity index (χ3n) is 5.32. The Kier molecular flexibility index (Phi) is 5.55. The van der Waals surface area contributed by atoms with E-state index in [-0.39, 0.29) is 0 Å². The number of ether oxygens (including phenoxy) is 1. The van der Waals surface area contributed by atoms with Gasteiger partial charge in [0.1, 0.15) is 0 Å². The zero-order valence-corrected chi connectivity index (χ0v) is 14.2. The number of guanidine groups is 1. The van der Waals surface area contributed by atoms with Crippen LogP contribution in [0, 0.1) is 5.92 Å². The summed E-state index contributed by atoms with van der Waals surface area (Å²) in [4.78, 5) is 4.50. The van der Waals surface area contributed by atoms with Crippen LogP contribution in [0.1, 0.15) is 49.7 Å². The van der Waals surface area contributed by atoms with Crippen molar-refractivity contribution in [1.82, 2.24) is 0 Å². The average Bonchev–Trinajstić information content (AvgIpc) is 3.03. The number of nitrogens with one attached hydrogen (secondary N) is 1. The van der Waals surface area contributed by atoms with Crippen LogP contribution in [0.4, 0.5) is 5.69 Å². The Hall–Kier alpha value is -1.55. The molecule has 0 radical (unpaired) electrons. The van der Waals surface area contributed by atoms with E-state index in [0.717, 1.165) is 24.6 Å². The second-order valence-electron chi connectivity index (χ2n) is 6.90.